The van der Waals surface area contributed by atoms with E-state index in [1.54, 1.807) is 11.8 Å². The second kappa shape index (κ2) is 8.55. The largest absolute Gasteiger partial charge is 0.277 e. The van der Waals surface area contributed by atoms with E-state index >= 15 is 0 Å². The summed E-state index contributed by atoms with van der Waals surface area (Å²) in [5.74, 6) is 0. The molecule has 0 fully saturated rings. The van der Waals surface area contributed by atoms with Crippen LogP contribution >= 0.6 is 11.8 Å². The molecule has 1 atom stereocenters. The van der Waals surface area contributed by atoms with E-state index in [2.05, 4.69) is 34.8 Å². The SMILES string of the molecule is N#C/C(=N\Nc1ccccc1)C1=Nc2ccccc2SC(c2ccccc2)C1. The monoisotopic (exact) mass is 382 g/mol. The van der Waals surface area contributed by atoms with Crippen LogP contribution in [0.2, 0.25) is 0 Å². The molecule has 0 radical (unpaired) electrons. The lowest BCUT2D eigenvalue weighted by Crippen LogP contribution is -2.16. The lowest BCUT2D eigenvalue weighted by molar-refractivity contribution is 1.02. The molecule has 0 spiro atoms. The fraction of sp³-hybridized carbons (Fsp3) is 0.0870. The van der Waals surface area contributed by atoms with Crippen LogP contribution in [0.5, 0.6) is 0 Å². The third-order valence-corrected chi connectivity index (χ3v) is 5.71. The van der Waals surface area contributed by atoms with E-state index in [1.807, 2.05) is 66.7 Å². The van der Waals surface area contributed by atoms with Gasteiger partial charge in [-0.15, -0.1) is 11.8 Å². The summed E-state index contributed by atoms with van der Waals surface area (Å²) < 4.78 is 0. The van der Waals surface area contributed by atoms with E-state index in [9.17, 15) is 5.26 Å². The number of hydrogen-bond donors (Lipinski definition) is 1. The summed E-state index contributed by atoms with van der Waals surface area (Å²) in [6, 6.07) is 30.2. The molecular formula is C23H18N4S. The molecule has 5 heteroatoms. The summed E-state index contributed by atoms with van der Waals surface area (Å²) in [5, 5.41) is 14.3. The first kappa shape index (κ1) is 18.0. The Morgan fingerprint density at radius 2 is 1.64 bits per heavy atom. The molecule has 3 aromatic carbocycles. The van der Waals surface area contributed by atoms with Crippen LogP contribution < -0.4 is 5.43 Å². The zero-order chi connectivity index (χ0) is 19.2. The molecule has 1 unspecified atom stereocenters. The molecule has 0 saturated carbocycles. The van der Waals surface area contributed by atoms with Gasteiger partial charge < -0.3 is 0 Å². The molecule has 1 N–H and O–H groups in total. The van der Waals surface area contributed by atoms with E-state index < -0.39 is 0 Å². The van der Waals surface area contributed by atoms with Gasteiger partial charge in [0.15, 0.2) is 5.71 Å². The topological polar surface area (TPSA) is 60.5 Å². The Balaban J connectivity index is 1.71. The van der Waals surface area contributed by atoms with Crippen LogP contribution in [0.25, 0.3) is 0 Å². The number of thioether (sulfide) groups is 1. The van der Waals surface area contributed by atoms with Gasteiger partial charge in [-0.1, -0.05) is 60.7 Å². The predicted octanol–water partition coefficient (Wildman–Crippen LogP) is 5.99. The number of nitrogens with zero attached hydrogens (tertiary/aromatic N) is 3. The van der Waals surface area contributed by atoms with E-state index in [1.165, 1.54) is 5.56 Å². The molecule has 4 rings (SSSR count). The van der Waals surface area contributed by atoms with Gasteiger partial charge in [-0.05, 0) is 29.8 Å². The minimum atomic E-state index is 0.166. The van der Waals surface area contributed by atoms with Crippen molar-refractivity contribution in [2.45, 2.75) is 16.6 Å². The fourth-order valence-corrected chi connectivity index (χ4v) is 4.23. The minimum absolute atomic E-state index is 0.166. The molecule has 0 aromatic heterocycles. The maximum Gasteiger partial charge on any atom is 0.182 e. The molecule has 1 heterocycles. The summed E-state index contributed by atoms with van der Waals surface area (Å²) in [5.41, 5.74) is 6.89. The summed E-state index contributed by atoms with van der Waals surface area (Å²) in [4.78, 5) is 5.91. The number of anilines is 1. The molecule has 0 saturated heterocycles. The van der Waals surface area contributed by atoms with E-state index in [-0.39, 0.29) is 5.25 Å². The first-order chi connectivity index (χ1) is 13.8. The van der Waals surface area contributed by atoms with Gasteiger partial charge in [0.05, 0.1) is 17.1 Å². The van der Waals surface area contributed by atoms with Crippen molar-refractivity contribution < 1.29 is 0 Å². The van der Waals surface area contributed by atoms with Gasteiger partial charge in [-0.3, -0.25) is 5.43 Å². The molecule has 1 aliphatic rings. The third kappa shape index (κ3) is 4.13. The molecule has 136 valence electrons. The Labute approximate surface area is 168 Å². The fourth-order valence-electron chi connectivity index (χ4n) is 3.00. The van der Waals surface area contributed by atoms with Crippen LogP contribution in [0.15, 0.2) is 99.9 Å². The highest BCUT2D eigenvalue weighted by atomic mass is 32.2. The smallest absolute Gasteiger partial charge is 0.182 e. The normalized spacial score (nSPS) is 16.3. The minimum Gasteiger partial charge on any atom is -0.277 e. The van der Waals surface area contributed by atoms with Crippen LogP contribution in [-0.4, -0.2) is 11.4 Å². The molecule has 3 aromatic rings. The Bertz CT molecular complexity index is 1050. The predicted molar refractivity (Wildman–Crippen MR) is 116 cm³/mol. The lowest BCUT2D eigenvalue weighted by Gasteiger charge is -2.15. The quantitative estimate of drug-likeness (QED) is 0.445. The number of benzene rings is 3. The number of para-hydroxylation sites is 2. The first-order valence-corrected chi connectivity index (χ1v) is 9.89. The maximum absolute atomic E-state index is 9.74. The van der Waals surface area contributed by atoms with Crippen LogP contribution in [0.3, 0.4) is 0 Å². The third-order valence-electron chi connectivity index (χ3n) is 4.39. The molecular weight excluding hydrogens is 364 g/mol. The highest BCUT2D eigenvalue weighted by molar-refractivity contribution is 7.99. The van der Waals surface area contributed by atoms with Crippen molar-refractivity contribution in [3.05, 3.63) is 90.5 Å². The molecule has 0 amide bonds. The van der Waals surface area contributed by atoms with Gasteiger partial charge >= 0.3 is 0 Å². The Kier molecular flexibility index (Phi) is 5.51. The number of fused-ring (bicyclic) bond motifs is 1. The zero-order valence-corrected chi connectivity index (χ0v) is 15.9. The molecule has 28 heavy (non-hydrogen) atoms. The van der Waals surface area contributed by atoms with E-state index in [4.69, 9.17) is 4.99 Å². The van der Waals surface area contributed by atoms with Crippen LogP contribution in [-0.2, 0) is 0 Å². The number of hydrogen-bond acceptors (Lipinski definition) is 5. The van der Waals surface area contributed by atoms with Crippen LogP contribution in [0.1, 0.15) is 17.2 Å². The Morgan fingerprint density at radius 1 is 0.964 bits per heavy atom. The highest BCUT2D eigenvalue weighted by Crippen LogP contribution is 2.44. The zero-order valence-electron chi connectivity index (χ0n) is 15.1. The average Bonchev–Trinajstić information content (AvgIpc) is 2.95. The summed E-state index contributed by atoms with van der Waals surface area (Å²) in [7, 11) is 0. The van der Waals surface area contributed by atoms with Gasteiger partial charge in [0.25, 0.3) is 0 Å². The number of nitrogens with one attached hydrogen (secondary N) is 1. The molecule has 0 aliphatic carbocycles. The van der Waals surface area contributed by atoms with Gasteiger partial charge in [0.1, 0.15) is 6.07 Å². The Morgan fingerprint density at radius 3 is 2.39 bits per heavy atom. The van der Waals surface area contributed by atoms with Crippen molar-refractivity contribution >= 4 is 34.6 Å². The highest BCUT2D eigenvalue weighted by Gasteiger charge is 2.24. The molecule has 0 bridgehead atoms. The van der Waals surface area contributed by atoms with Crippen molar-refractivity contribution in [2.75, 3.05) is 5.43 Å². The van der Waals surface area contributed by atoms with Gasteiger partial charge in [0.2, 0.25) is 0 Å². The second-order valence-electron chi connectivity index (χ2n) is 6.30. The first-order valence-electron chi connectivity index (χ1n) is 9.01. The number of hydrazone groups is 1. The summed E-state index contributed by atoms with van der Waals surface area (Å²) in [6.07, 6.45) is 0.631. The van der Waals surface area contributed by atoms with E-state index in [0.29, 0.717) is 17.8 Å². The average molecular weight is 382 g/mol. The van der Waals surface area contributed by atoms with Crippen LogP contribution in [0.4, 0.5) is 11.4 Å². The molecule has 4 nitrogen and oxygen atoms in total. The standard InChI is InChI=1S/C23H18N4S/c24-16-21(27-26-18-11-5-2-6-12-18)20-15-23(17-9-3-1-4-10-17)28-22-14-8-7-13-19(22)25-20/h1-14,23,26H,15H2/b27-21+. The van der Waals surface area contributed by atoms with Crippen molar-refractivity contribution in [2.24, 2.45) is 10.1 Å². The second-order valence-corrected chi connectivity index (χ2v) is 7.54. The van der Waals surface area contributed by atoms with Crippen molar-refractivity contribution in [1.82, 2.24) is 0 Å². The molecule has 1 aliphatic heterocycles. The maximum atomic E-state index is 9.74. The van der Waals surface area contributed by atoms with E-state index in [0.717, 1.165) is 16.3 Å². The summed E-state index contributed by atoms with van der Waals surface area (Å²) >= 11 is 1.78. The number of aliphatic imine (C=N–C) groups is 1. The van der Waals surface area contributed by atoms with Crippen molar-refractivity contribution in [1.29, 1.82) is 5.26 Å². The van der Waals surface area contributed by atoms with Gasteiger partial charge in [-0.25, -0.2) is 4.99 Å². The summed E-state index contributed by atoms with van der Waals surface area (Å²) in [6.45, 7) is 0. The van der Waals surface area contributed by atoms with Crippen molar-refractivity contribution in [3.63, 3.8) is 0 Å². The lowest BCUT2D eigenvalue weighted by atomic mass is 10.0. The van der Waals surface area contributed by atoms with Gasteiger partial charge in [-0.2, -0.15) is 10.4 Å². The van der Waals surface area contributed by atoms with Crippen LogP contribution in [0, 0.1) is 11.3 Å². The number of nitriles is 1. The van der Waals surface area contributed by atoms with Crippen molar-refractivity contribution in [3.8, 4) is 6.07 Å². The van der Waals surface area contributed by atoms with Gasteiger partial charge in [0, 0.05) is 16.6 Å². The Hall–Kier alpha value is -3.36. The number of rotatable bonds is 4.